The topological polar surface area (TPSA) is 66.7 Å². The smallest absolute Gasteiger partial charge is 0.272 e. The zero-order valence-corrected chi connectivity index (χ0v) is 19.3. The van der Waals surface area contributed by atoms with Crippen molar-refractivity contribution in [1.82, 2.24) is 8.87 Å². The minimum Gasteiger partial charge on any atom is -0.345 e. The first kappa shape index (κ1) is 29.8. The van der Waals surface area contributed by atoms with E-state index in [9.17, 15) is 17.8 Å². The number of benzene rings is 1. The molecule has 1 aromatic heterocycles. The molecule has 2 heterocycles. The highest BCUT2D eigenvalue weighted by atomic mass is 32.2. The van der Waals surface area contributed by atoms with Gasteiger partial charge in [0.15, 0.2) is 11.6 Å². The molecule has 0 fully saturated rings. The van der Waals surface area contributed by atoms with Gasteiger partial charge in [-0.05, 0) is 18.1 Å². The lowest BCUT2D eigenvalue weighted by Crippen LogP contribution is -2.38. The summed E-state index contributed by atoms with van der Waals surface area (Å²) in [5.41, 5.74) is 0.882. The molecule has 2 atom stereocenters. The summed E-state index contributed by atoms with van der Waals surface area (Å²) < 4.78 is 47.9. The Morgan fingerprint density at radius 3 is 2.34 bits per heavy atom. The third-order valence-electron chi connectivity index (χ3n) is 5.06. The monoisotopic (exact) mass is 488 g/mol. The Balaban J connectivity index is 0.00000320. The van der Waals surface area contributed by atoms with Gasteiger partial charge in [0.1, 0.15) is 15.6 Å². The van der Waals surface area contributed by atoms with Gasteiger partial charge in [0.05, 0.1) is 4.90 Å². The molecule has 0 saturated carbocycles. The third kappa shape index (κ3) is 5.07. The number of aromatic nitrogens is 1. The fourth-order valence-electron chi connectivity index (χ4n) is 3.54. The lowest BCUT2D eigenvalue weighted by Gasteiger charge is -2.29. The maximum absolute atomic E-state index is 13.8. The average Bonchev–Trinajstić information content (AvgIpc) is 2.95. The Hall–Kier alpha value is -2.17. The maximum Gasteiger partial charge on any atom is 0.272 e. The number of aryl methyl sites for hydroxylation is 1. The number of fused-ring (bicyclic) bond motifs is 1. The van der Waals surface area contributed by atoms with E-state index in [0.29, 0.717) is 10.5 Å². The largest absolute Gasteiger partial charge is 0.345 e. The number of halogens is 2. The summed E-state index contributed by atoms with van der Waals surface area (Å²) in [6.45, 7) is 4.04. The van der Waals surface area contributed by atoms with Crippen LogP contribution in [-0.2, 0) is 17.0 Å². The van der Waals surface area contributed by atoms with Gasteiger partial charge in [-0.2, -0.15) is 13.5 Å². The first-order valence-electron chi connectivity index (χ1n) is 9.12. The van der Waals surface area contributed by atoms with E-state index in [-0.39, 0.29) is 51.7 Å². The Kier molecular flexibility index (Phi) is 10.4. The minimum atomic E-state index is -2.93. The molecule has 3 rings (SSSR count). The number of nitrogens with one attached hydrogen (secondary N) is 1. The molecule has 180 valence electrons. The van der Waals surface area contributed by atoms with Crippen LogP contribution in [-0.4, -0.2) is 39.1 Å². The fraction of sp³-hybridized carbons (Fsp3) is 0.409. The van der Waals surface area contributed by atoms with Gasteiger partial charge in [0.25, 0.3) is 5.91 Å². The summed E-state index contributed by atoms with van der Waals surface area (Å²) in [7, 11) is 1.99. The maximum atomic E-state index is 13.8. The lowest BCUT2D eigenvalue weighted by molar-refractivity contribution is 0.101. The van der Waals surface area contributed by atoms with Crippen molar-refractivity contribution in [2.75, 3.05) is 19.4 Å². The Bertz CT molecular complexity index is 1120. The van der Waals surface area contributed by atoms with Gasteiger partial charge in [-0.25, -0.2) is 21.7 Å². The molecule has 1 amide bonds. The quantitative estimate of drug-likeness (QED) is 0.637. The van der Waals surface area contributed by atoms with Crippen molar-refractivity contribution >= 4 is 41.1 Å². The number of nitrogens with zero attached hydrogens (tertiary/aromatic N) is 3. The van der Waals surface area contributed by atoms with Gasteiger partial charge in [-0.15, -0.1) is 0 Å². The highest BCUT2D eigenvalue weighted by Gasteiger charge is 2.34. The average molecular weight is 489 g/mol. The van der Waals surface area contributed by atoms with Crippen LogP contribution in [0.5, 0.6) is 0 Å². The van der Waals surface area contributed by atoms with Crippen LogP contribution in [0.2, 0.25) is 0 Å². The van der Waals surface area contributed by atoms with Gasteiger partial charge < -0.3 is 9.88 Å². The molecule has 32 heavy (non-hydrogen) atoms. The highest BCUT2D eigenvalue weighted by Crippen LogP contribution is 2.33. The van der Waals surface area contributed by atoms with Crippen LogP contribution in [0.3, 0.4) is 0 Å². The molecular weight excluding hydrogens is 454 g/mol. The Morgan fingerprint density at radius 1 is 1.19 bits per heavy atom. The van der Waals surface area contributed by atoms with E-state index in [0.717, 1.165) is 12.1 Å². The van der Waals surface area contributed by atoms with E-state index < -0.39 is 27.5 Å². The molecule has 1 aliphatic rings. The minimum absolute atomic E-state index is 0. The third-order valence-corrected chi connectivity index (χ3v) is 7.48. The first-order valence-corrected chi connectivity index (χ1v) is 10.6. The van der Waals surface area contributed by atoms with Crippen LogP contribution in [0.25, 0.3) is 6.08 Å². The van der Waals surface area contributed by atoms with Crippen LogP contribution in [0.1, 0.15) is 44.8 Å². The number of likely N-dealkylation sites (N-methyl/N-ethyl adjacent to an activating group) is 1. The molecule has 0 spiro atoms. The van der Waals surface area contributed by atoms with Gasteiger partial charge in [0, 0.05) is 50.7 Å². The van der Waals surface area contributed by atoms with E-state index in [1.165, 1.54) is 13.1 Å². The molecule has 0 radical (unpaired) electrons. The van der Waals surface area contributed by atoms with Crippen molar-refractivity contribution in [3.63, 3.8) is 0 Å². The molecular formula is C22H34F2N4O2S2. The summed E-state index contributed by atoms with van der Waals surface area (Å²) in [5.74, 6) is -2.39. The van der Waals surface area contributed by atoms with Crippen LogP contribution in [0.4, 0.5) is 14.5 Å². The van der Waals surface area contributed by atoms with E-state index in [4.69, 9.17) is 0 Å². The van der Waals surface area contributed by atoms with Crippen molar-refractivity contribution in [3.8, 4) is 0 Å². The zero-order valence-electron chi connectivity index (χ0n) is 17.4. The van der Waals surface area contributed by atoms with Crippen LogP contribution in [0.15, 0.2) is 39.7 Å². The predicted molar refractivity (Wildman–Crippen MR) is 134 cm³/mol. The van der Waals surface area contributed by atoms with Gasteiger partial charge >= 0.3 is 0 Å². The molecule has 6 nitrogen and oxygen atoms in total. The first-order chi connectivity index (χ1) is 13.6. The predicted octanol–water partition coefficient (Wildman–Crippen LogP) is 5.30. The van der Waals surface area contributed by atoms with Crippen molar-refractivity contribution in [2.45, 2.75) is 39.6 Å². The second-order valence-electron chi connectivity index (χ2n) is 7.27. The van der Waals surface area contributed by atoms with E-state index >= 15 is 0 Å². The molecule has 0 aliphatic carbocycles. The fourth-order valence-corrected chi connectivity index (χ4v) is 5.70. The lowest BCUT2D eigenvalue weighted by atomic mass is 10.0. The van der Waals surface area contributed by atoms with Gasteiger partial charge in [-0.1, -0.05) is 40.9 Å². The van der Waals surface area contributed by atoms with Crippen LogP contribution >= 0.6 is 13.5 Å². The van der Waals surface area contributed by atoms with E-state index in [1.807, 2.05) is 19.9 Å². The Morgan fingerprint density at radius 2 is 1.81 bits per heavy atom. The molecule has 1 aromatic carbocycles. The number of rotatable bonds is 3. The normalized spacial score (nSPS) is 19.7. The van der Waals surface area contributed by atoms with Crippen molar-refractivity contribution < 1.29 is 17.8 Å². The van der Waals surface area contributed by atoms with Crippen molar-refractivity contribution in [1.29, 1.82) is 0 Å². The van der Waals surface area contributed by atoms with Gasteiger partial charge in [-0.3, -0.25) is 4.79 Å². The number of carbonyl (C=O) groups excluding carboxylic acids is 1. The number of anilines is 1. The molecule has 1 aliphatic heterocycles. The van der Waals surface area contributed by atoms with Crippen molar-refractivity contribution in [2.24, 2.45) is 17.3 Å². The second-order valence-corrected chi connectivity index (χ2v) is 9.64. The van der Waals surface area contributed by atoms with Gasteiger partial charge in [0.2, 0.25) is 0 Å². The second kappa shape index (κ2) is 11.1. The molecule has 0 saturated heterocycles. The highest BCUT2D eigenvalue weighted by molar-refractivity contribution is 7.91. The van der Waals surface area contributed by atoms with Crippen LogP contribution < -0.4 is 5.32 Å². The standard InChI is InChI=1S/C20H24F2N4O2S.2CH4.H2S/c1-12(2)17-9-7-14-18(29(28,23-3)26(17)5)11-25(4)19(14)20(27)24-13-6-8-15(21)16(22)10-13;;;/h6-12,17H,1-5H3,(H,24,27);2*1H4;1H2/t17-,29?;;;/m1.../s1. The van der Waals surface area contributed by atoms with E-state index in [2.05, 4.69) is 9.68 Å². The molecule has 1 unspecified atom stereocenters. The number of hydrogen-bond acceptors (Lipinski definition) is 3. The number of carbonyl (C=O) groups is 1. The molecule has 1 N–H and O–H groups in total. The summed E-state index contributed by atoms with van der Waals surface area (Å²) in [4.78, 5) is 13.4. The summed E-state index contributed by atoms with van der Waals surface area (Å²) in [5, 5.41) is 2.58. The molecule has 10 heteroatoms. The summed E-state index contributed by atoms with van der Waals surface area (Å²) >= 11 is 0. The Labute approximate surface area is 197 Å². The number of amides is 1. The summed E-state index contributed by atoms with van der Waals surface area (Å²) in [6.07, 6.45) is 5.33. The van der Waals surface area contributed by atoms with E-state index in [1.54, 1.807) is 35.2 Å². The summed E-state index contributed by atoms with van der Waals surface area (Å²) in [6, 6.07) is 3.01. The zero-order chi connectivity index (χ0) is 21.5. The SMILES string of the molecule is C.C.CN=S1(=O)c2cn(C)c(C(=O)Nc3ccc(F)c(F)c3)c2C=C[C@H](C(C)C)N1C.S. The molecule has 0 bridgehead atoms. The molecule has 2 aromatic rings. The van der Waals surface area contributed by atoms with Crippen molar-refractivity contribution in [3.05, 3.63) is 53.4 Å². The van der Waals surface area contributed by atoms with Crippen LogP contribution in [0, 0.1) is 17.6 Å². The number of hydrogen-bond donors (Lipinski definition) is 1.